The fourth-order valence-electron chi connectivity index (χ4n) is 1.41. The summed E-state index contributed by atoms with van der Waals surface area (Å²) >= 11 is 0. The Balaban J connectivity index is 4.86. The van der Waals surface area contributed by atoms with Crippen molar-refractivity contribution in [3.63, 3.8) is 0 Å². The Kier molecular flexibility index (Phi) is 4.38. The van der Waals surface area contributed by atoms with Crippen molar-refractivity contribution < 1.29 is 4.79 Å². The molecule has 2 nitrogen and oxygen atoms in total. The second-order valence-corrected chi connectivity index (χ2v) is 6.64. The fraction of sp³-hybridized carbons (Fsp3) is 0.923. The van der Waals surface area contributed by atoms with E-state index in [0.29, 0.717) is 0 Å². The first-order chi connectivity index (χ1) is 6.51. The lowest BCUT2D eigenvalue weighted by Crippen LogP contribution is -2.50. The molecule has 0 fully saturated rings. The second-order valence-electron chi connectivity index (χ2n) is 6.64. The van der Waals surface area contributed by atoms with Crippen molar-refractivity contribution in [3.8, 4) is 0 Å². The number of hydrogen-bond donors (Lipinski definition) is 0. The summed E-state index contributed by atoms with van der Waals surface area (Å²) in [5.74, 6) is 0. The molecule has 1 amide bonds. The maximum atomic E-state index is 11.2. The van der Waals surface area contributed by atoms with E-state index in [1.165, 1.54) is 0 Å². The molecule has 0 aromatic rings. The van der Waals surface area contributed by atoms with Crippen LogP contribution in [0.2, 0.25) is 0 Å². The monoisotopic (exact) mass is 213 g/mol. The van der Waals surface area contributed by atoms with Gasteiger partial charge in [0.25, 0.3) is 0 Å². The second kappa shape index (κ2) is 4.54. The molecule has 0 aliphatic heterocycles. The molecule has 0 saturated carbocycles. The van der Waals surface area contributed by atoms with Crippen LogP contribution in [0.5, 0.6) is 0 Å². The van der Waals surface area contributed by atoms with Crippen molar-refractivity contribution in [1.82, 2.24) is 4.90 Å². The van der Waals surface area contributed by atoms with E-state index in [9.17, 15) is 4.79 Å². The van der Waals surface area contributed by atoms with Crippen LogP contribution >= 0.6 is 0 Å². The number of hydrogen-bond acceptors (Lipinski definition) is 1. The molecule has 2 unspecified atom stereocenters. The van der Waals surface area contributed by atoms with Gasteiger partial charge in [-0.05, 0) is 24.7 Å². The molecule has 0 aromatic carbocycles. The maximum absolute atomic E-state index is 11.2. The average molecular weight is 213 g/mol. The zero-order chi connectivity index (χ0) is 12.4. The van der Waals surface area contributed by atoms with Crippen LogP contribution in [-0.2, 0) is 4.79 Å². The first kappa shape index (κ1) is 14.5. The lowest BCUT2D eigenvalue weighted by atomic mass is 9.82. The van der Waals surface area contributed by atoms with Gasteiger partial charge >= 0.3 is 0 Å². The van der Waals surface area contributed by atoms with Gasteiger partial charge in [-0.1, -0.05) is 41.5 Å². The van der Waals surface area contributed by atoms with Gasteiger partial charge in [-0.2, -0.15) is 0 Å². The van der Waals surface area contributed by atoms with Crippen LogP contribution in [0, 0.1) is 10.8 Å². The summed E-state index contributed by atoms with van der Waals surface area (Å²) in [7, 11) is 0. The Morgan fingerprint density at radius 3 is 1.27 bits per heavy atom. The first-order valence-electron chi connectivity index (χ1n) is 5.74. The molecule has 2 atom stereocenters. The number of amides is 1. The number of nitrogens with zero attached hydrogens (tertiary/aromatic N) is 1. The number of carbonyl (C=O) groups excluding carboxylic acids is 1. The molecule has 0 bridgehead atoms. The summed E-state index contributed by atoms with van der Waals surface area (Å²) in [5, 5.41) is 0. The SMILES string of the molecule is CC(N(C=O)C(C)C(C)(C)C)C(C)(C)C. The highest BCUT2D eigenvalue weighted by Gasteiger charge is 2.33. The van der Waals surface area contributed by atoms with Crippen molar-refractivity contribution in [2.75, 3.05) is 0 Å². The summed E-state index contributed by atoms with van der Waals surface area (Å²) < 4.78 is 0. The van der Waals surface area contributed by atoms with E-state index in [1.54, 1.807) is 0 Å². The van der Waals surface area contributed by atoms with E-state index >= 15 is 0 Å². The van der Waals surface area contributed by atoms with Crippen LogP contribution in [0.4, 0.5) is 0 Å². The summed E-state index contributed by atoms with van der Waals surface area (Å²) in [4.78, 5) is 13.2. The van der Waals surface area contributed by atoms with Gasteiger partial charge in [0.2, 0.25) is 6.41 Å². The van der Waals surface area contributed by atoms with E-state index in [-0.39, 0.29) is 22.9 Å². The number of rotatable bonds is 3. The minimum absolute atomic E-state index is 0.125. The van der Waals surface area contributed by atoms with Crippen molar-refractivity contribution >= 4 is 6.41 Å². The van der Waals surface area contributed by atoms with Gasteiger partial charge in [0.15, 0.2) is 0 Å². The van der Waals surface area contributed by atoms with Crippen molar-refractivity contribution in [2.45, 2.75) is 67.5 Å². The predicted molar refractivity (Wildman–Crippen MR) is 65.7 cm³/mol. The lowest BCUT2D eigenvalue weighted by molar-refractivity contribution is -0.127. The quantitative estimate of drug-likeness (QED) is 0.659. The standard InChI is InChI=1S/C13H27NO/c1-10(12(3,4)5)14(9-15)11(2)13(6,7)8/h9-11H,1-8H3. The largest absolute Gasteiger partial charge is 0.339 e. The smallest absolute Gasteiger partial charge is 0.210 e. The Morgan fingerprint density at radius 2 is 1.13 bits per heavy atom. The van der Waals surface area contributed by atoms with Gasteiger partial charge in [0.05, 0.1) is 0 Å². The molecule has 0 aliphatic rings. The van der Waals surface area contributed by atoms with Crippen molar-refractivity contribution in [3.05, 3.63) is 0 Å². The number of carbonyl (C=O) groups is 1. The normalized spacial score (nSPS) is 17.1. The summed E-state index contributed by atoms with van der Waals surface area (Å²) in [6.45, 7) is 17.3. The molecule has 90 valence electrons. The molecule has 2 heteroatoms. The van der Waals surface area contributed by atoms with Gasteiger partial charge in [0, 0.05) is 12.1 Å². The average Bonchev–Trinajstić information content (AvgIpc) is 2.01. The van der Waals surface area contributed by atoms with E-state index in [4.69, 9.17) is 0 Å². The van der Waals surface area contributed by atoms with Crippen LogP contribution < -0.4 is 0 Å². The zero-order valence-corrected chi connectivity index (χ0v) is 11.6. The highest BCUT2D eigenvalue weighted by molar-refractivity contribution is 5.48. The Hall–Kier alpha value is -0.530. The first-order valence-corrected chi connectivity index (χ1v) is 5.74. The topological polar surface area (TPSA) is 20.3 Å². The Morgan fingerprint density at radius 1 is 0.867 bits per heavy atom. The van der Waals surface area contributed by atoms with E-state index in [1.807, 2.05) is 4.90 Å². The van der Waals surface area contributed by atoms with Crippen LogP contribution in [-0.4, -0.2) is 23.4 Å². The Bertz CT molecular complexity index is 190. The van der Waals surface area contributed by atoms with E-state index in [0.717, 1.165) is 6.41 Å². The molecule has 0 N–H and O–H groups in total. The third-order valence-electron chi connectivity index (χ3n) is 3.52. The minimum Gasteiger partial charge on any atom is -0.339 e. The van der Waals surface area contributed by atoms with Gasteiger partial charge in [-0.15, -0.1) is 0 Å². The minimum atomic E-state index is 0.125. The third kappa shape index (κ3) is 3.84. The van der Waals surface area contributed by atoms with Crippen LogP contribution in [0.25, 0.3) is 0 Å². The molecule has 0 heterocycles. The molecular formula is C13H27NO. The highest BCUT2D eigenvalue weighted by Crippen LogP contribution is 2.30. The molecule has 15 heavy (non-hydrogen) atoms. The van der Waals surface area contributed by atoms with Crippen molar-refractivity contribution in [2.24, 2.45) is 10.8 Å². The van der Waals surface area contributed by atoms with Gasteiger partial charge in [0.1, 0.15) is 0 Å². The lowest BCUT2D eigenvalue weighted by Gasteiger charge is -2.44. The zero-order valence-electron chi connectivity index (χ0n) is 11.6. The highest BCUT2D eigenvalue weighted by atomic mass is 16.1. The van der Waals surface area contributed by atoms with Crippen LogP contribution in [0.1, 0.15) is 55.4 Å². The molecule has 0 aliphatic carbocycles. The molecule has 0 radical (unpaired) electrons. The summed E-state index contributed by atoms with van der Waals surface area (Å²) in [6, 6.07) is 0.508. The Labute approximate surface area is 95.0 Å². The molecule has 0 aromatic heterocycles. The summed E-state index contributed by atoms with van der Waals surface area (Å²) in [5.41, 5.74) is 0.251. The molecule has 0 rings (SSSR count). The maximum Gasteiger partial charge on any atom is 0.210 e. The van der Waals surface area contributed by atoms with Crippen molar-refractivity contribution in [1.29, 1.82) is 0 Å². The van der Waals surface area contributed by atoms with Gasteiger partial charge in [-0.3, -0.25) is 4.79 Å². The third-order valence-corrected chi connectivity index (χ3v) is 3.52. The van der Waals surface area contributed by atoms with Gasteiger partial charge < -0.3 is 4.90 Å². The van der Waals surface area contributed by atoms with E-state index < -0.39 is 0 Å². The van der Waals surface area contributed by atoms with Crippen LogP contribution in [0.15, 0.2) is 0 Å². The van der Waals surface area contributed by atoms with E-state index in [2.05, 4.69) is 55.4 Å². The predicted octanol–water partition coefficient (Wildman–Crippen LogP) is 3.31. The van der Waals surface area contributed by atoms with Crippen LogP contribution in [0.3, 0.4) is 0 Å². The van der Waals surface area contributed by atoms with Gasteiger partial charge in [-0.25, -0.2) is 0 Å². The fourth-order valence-corrected chi connectivity index (χ4v) is 1.41. The summed E-state index contributed by atoms with van der Waals surface area (Å²) in [6.07, 6.45) is 0.992. The molecule has 0 spiro atoms. The molecular weight excluding hydrogens is 186 g/mol. The molecule has 0 saturated heterocycles.